The van der Waals surface area contributed by atoms with Crippen LogP contribution in [0.15, 0.2) is 53.3 Å². The van der Waals surface area contributed by atoms with Gasteiger partial charge < -0.3 is 9.42 Å². The SMILES string of the molecule is Cc1ccc(C(=O)N2CCCC2c2noc(-c3cccc(C)c3C)n2)c(-n2nccn2)c1. The van der Waals surface area contributed by atoms with Crippen LogP contribution in [0.2, 0.25) is 0 Å². The highest BCUT2D eigenvalue weighted by Gasteiger charge is 2.35. The average Bonchev–Trinajstić information content (AvgIpc) is 3.55. The molecule has 2 aromatic carbocycles. The van der Waals surface area contributed by atoms with Crippen LogP contribution in [0.25, 0.3) is 17.1 Å². The number of carbonyl (C=O) groups is 1. The van der Waals surface area contributed by atoms with E-state index in [4.69, 9.17) is 4.52 Å². The highest BCUT2D eigenvalue weighted by Crippen LogP contribution is 2.34. The fraction of sp³-hybridized carbons (Fsp3) is 0.292. The van der Waals surface area contributed by atoms with Crippen LogP contribution in [-0.2, 0) is 0 Å². The highest BCUT2D eigenvalue weighted by atomic mass is 16.5. The summed E-state index contributed by atoms with van der Waals surface area (Å²) in [7, 11) is 0. The van der Waals surface area contributed by atoms with E-state index >= 15 is 0 Å². The van der Waals surface area contributed by atoms with E-state index in [1.807, 2.05) is 49.1 Å². The van der Waals surface area contributed by atoms with Gasteiger partial charge in [0.25, 0.3) is 11.8 Å². The molecule has 4 aromatic rings. The van der Waals surface area contributed by atoms with E-state index in [0.29, 0.717) is 29.5 Å². The first-order valence-corrected chi connectivity index (χ1v) is 10.7. The third-order valence-electron chi connectivity index (χ3n) is 6.11. The van der Waals surface area contributed by atoms with Crippen LogP contribution in [0.3, 0.4) is 0 Å². The number of likely N-dealkylation sites (tertiary alicyclic amines) is 1. The van der Waals surface area contributed by atoms with E-state index in [2.05, 4.69) is 33.3 Å². The van der Waals surface area contributed by atoms with Gasteiger partial charge in [0, 0.05) is 12.1 Å². The summed E-state index contributed by atoms with van der Waals surface area (Å²) in [5.41, 5.74) is 5.44. The van der Waals surface area contributed by atoms with E-state index in [0.717, 1.165) is 29.5 Å². The molecule has 1 atom stereocenters. The number of aryl methyl sites for hydroxylation is 2. The molecule has 32 heavy (non-hydrogen) atoms. The Morgan fingerprint density at radius 3 is 2.72 bits per heavy atom. The van der Waals surface area contributed by atoms with E-state index in [1.54, 1.807) is 12.4 Å². The van der Waals surface area contributed by atoms with Gasteiger partial charge >= 0.3 is 0 Å². The summed E-state index contributed by atoms with van der Waals surface area (Å²) in [5, 5.41) is 12.7. The molecule has 2 aromatic heterocycles. The second-order valence-electron chi connectivity index (χ2n) is 8.20. The molecule has 0 radical (unpaired) electrons. The largest absolute Gasteiger partial charge is 0.334 e. The Morgan fingerprint density at radius 2 is 1.91 bits per heavy atom. The minimum atomic E-state index is -0.232. The van der Waals surface area contributed by atoms with E-state index < -0.39 is 0 Å². The van der Waals surface area contributed by atoms with Crippen LogP contribution in [-0.4, -0.2) is 42.5 Å². The first-order valence-electron chi connectivity index (χ1n) is 10.7. The number of rotatable bonds is 4. The minimum Gasteiger partial charge on any atom is -0.334 e. The lowest BCUT2D eigenvalue weighted by atomic mass is 10.0. The van der Waals surface area contributed by atoms with Crippen molar-refractivity contribution in [2.24, 2.45) is 0 Å². The summed E-state index contributed by atoms with van der Waals surface area (Å²) < 4.78 is 5.61. The van der Waals surface area contributed by atoms with Crippen molar-refractivity contribution in [3.8, 4) is 17.1 Å². The Balaban J connectivity index is 1.47. The van der Waals surface area contributed by atoms with Crippen molar-refractivity contribution in [2.75, 3.05) is 6.54 Å². The molecule has 1 fully saturated rings. The zero-order valence-corrected chi connectivity index (χ0v) is 18.3. The molecule has 0 N–H and O–H groups in total. The lowest BCUT2D eigenvalue weighted by molar-refractivity contribution is 0.0728. The Kier molecular flexibility index (Phi) is 5.05. The number of hydrogen-bond acceptors (Lipinski definition) is 6. The lowest BCUT2D eigenvalue weighted by Gasteiger charge is -2.23. The summed E-state index contributed by atoms with van der Waals surface area (Å²) in [5.74, 6) is 0.938. The van der Waals surface area contributed by atoms with Crippen LogP contribution < -0.4 is 0 Å². The normalized spacial score (nSPS) is 16.0. The maximum atomic E-state index is 13.6. The molecule has 3 heterocycles. The number of carbonyl (C=O) groups excluding carboxylic acids is 1. The van der Waals surface area contributed by atoms with Crippen molar-refractivity contribution in [1.82, 2.24) is 30.0 Å². The van der Waals surface area contributed by atoms with Crippen molar-refractivity contribution < 1.29 is 9.32 Å². The summed E-state index contributed by atoms with van der Waals surface area (Å²) in [6, 6.07) is 11.5. The lowest BCUT2D eigenvalue weighted by Crippen LogP contribution is -2.32. The first-order chi connectivity index (χ1) is 15.5. The van der Waals surface area contributed by atoms with Gasteiger partial charge in [-0.25, -0.2) is 0 Å². The van der Waals surface area contributed by atoms with Crippen molar-refractivity contribution in [3.05, 3.63) is 76.9 Å². The summed E-state index contributed by atoms with van der Waals surface area (Å²) >= 11 is 0. The molecule has 0 aliphatic carbocycles. The van der Waals surface area contributed by atoms with Gasteiger partial charge in [0.15, 0.2) is 5.82 Å². The zero-order valence-electron chi connectivity index (χ0n) is 18.3. The molecule has 5 rings (SSSR count). The highest BCUT2D eigenvalue weighted by molar-refractivity contribution is 5.98. The third-order valence-corrected chi connectivity index (χ3v) is 6.11. The molecule has 0 spiro atoms. The van der Waals surface area contributed by atoms with Crippen LogP contribution in [0.1, 0.15) is 51.8 Å². The predicted molar refractivity (Wildman–Crippen MR) is 118 cm³/mol. The van der Waals surface area contributed by atoms with Gasteiger partial charge in [0.05, 0.1) is 29.7 Å². The summed E-state index contributed by atoms with van der Waals surface area (Å²) in [4.78, 5) is 21.6. The molecule has 8 nitrogen and oxygen atoms in total. The number of nitrogens with zero attached hydrogens (tertiary/aromatic N) is 6. The van der Waals surface area contributed by atoms with E-state index in [-0.39, 0.29) is 11.9 Å². The molecule has 0 bridgehead atoms. The van der Waals surface area contributed by atoms with Crippen molar-refractivity contribution in [1.29, 1.82) is 0 Å². The van der Waals surface area contributed by atoms with Gasteiger partial charge in [-0.2, -0.15) is 20.0 Å². The maximum Gasteiger partial charge on any atom is 0.258 e. The molecular weight excluding hydrogens is 404 g/mol. The van der Waals surface area contributed by atoms with Gasteiger partial charge in [0.2, 0.25) is 0 Å². The molecule has 1 amide bonds. The van der Waals surface area contributed by atoms with Crippen LogP contribution >= 0.6 is 0 Å². The van der Waals surface area contributed by atoms with Gasteiger partial charge in [-0.15, -0.1) is 0 Å². The number of benzene rings is 2. The Hall–Kier alpha value is -3.81. The summed E-state index contributed by atoms with van der Waals surface area (Å²) in [6.07, 6.45) is 4.87. The second kappa shape index (κ2) is 8.03. The Labute approximate surface area is 185 Å². The van der Waals surface area contributed by atoms with Gasteiger partial charge in [-0.3, -0.25) is 4.79 Å². The molecule has 1 unspecified atom stereocenters. The molecule has 1 saturated heterocycles. The molecule has 0 saturated carbocycles. The topological polar surface area (TPSA) is 89.9 Å². The number of aromatic nitrogens is 5. The molecule has 1 aliphatic rings. The molecular formula is C24H24N6O2. The zero-order chi connectivity index (χ0) is 22.2. The Morgan fingerprint density at radius 1 is 1.09 bits per heavy atom. The van der Waals surface area contributed by atoms with E-state index in [9.17, 15) is 4.79 Å². The monoisotopic (exact) mass is 428 g/mol. The molecule has 1 aliphatic heterocycles. The fourth-order valence-electron chi connectivity index (χ4n) is 4.22. The quantitative estimate of drug-likeness (QED) is 0.483. The standard InChI is InChI=1S/C24H24N6O2/c1-15-9-10-19(21(14-15)30-25-11-12-26-30)24(31)29-13-5-8-20(29)22-27-23(32-28-22)18-7-4-6-16(2)17(18)3/h4,6-7,9-12,14,20H,5,8,13H2,1-3H3. The third kappa shape index (κ3) is 3.47. The summed E-state index contributed by atoms with van der Waals surface area (Å²) in [6.45, 7) is 6.72. The second-order valence-corrected chi connectivity index (χ2v) is 8.20. The molecule has 162 valence electrons. The first kappa shape index (κ1) is 20.1. The minimum absolute atomic E-state index is 0.0853. The van der Waals surface area contributed by atoms with Crippen LogP contribution in [0, 0.1) is 20.8 Å². The predicted octanol–water partition coefficient (Wildman–Crippen LogP) is 4.22. The maximum absolute atomic E-state index is 13.6. The van der Waals surface area contributed by atoms with Crippen molar-refractivity contribution in [3.63, 3.8) is 0 Å². The van der Waals surface area contributed by atoms with Crippen molar-refractivity contribution >= 4 is 5.91 Å². The van der Waals surface area contributed by atoms with Gasteiger partial charge in [0.1, 0.15) is 0 Å². The van der Waals surface area contributed by atoms with Crippen LogP contribution in [0.4, 0.5) is 0 Å². The Bertz CT molecular complexity index is 1280. The average molecular weight is 428 g/mol. The smallest absolute Gasteiger partial charge is 0.258 e. The van der Waals surface area contributed by atoms with Crippen molar-refractivity contribution in [2.45, 2.75) is 39.7 Å². The van der Waals surface area contributed by atoms with Crippen LogP contribution in [0.5, 0.6) is 0 Å². The molecule has 8 heteroatoms. The van der Waals surface area contributed by atoms with Gasteiger partial charge in [-0.1, -0.05) is 23.4 Å². The number of amides is 1. The van der Waals surface area contributed by atoms with Gasteiger partial charge in [-0.05, 0) is 68.5 Å². The van der Waals surface area contributed by atoms with E-state index in [1.165, 1.54) is 10.4 Å². The fourth-order valence-corrected chi connectivity index (χ4v) is 4.22. The number of hydrogen-bond donors (Lipinski definition) is 0.